The Morgan fingerprint density at radius 3 is 2.50 bits per heavy atom. The summed E-state index contributed by atoms with van der Waals surface area (Å²) in [6.07, 6.45) is -0.347. The van der Waals surface area contributed by atoms with E-state index in [1.54, 1.807) is 6.07 Å². The zero-order chi connectivity index (χ0) is 14.5. The normalized spacial score (nSPS) is 13.8. The van der Waals surface area contributed by atoms with Gasteiger partial charge in [0.15, 0.2) is 11.6 Å². The first-order valence-electron chi connectivity index (χ1n) is 6.43. The van der Waals surface area contributed by atoms with E-state index >= 15 is 0 Å². The van der Waals surface area contributed by atoms with Crippen LogP contribution in [-0.2, 0) is 6.42 Å². The average Bonchev–Trinajstić information content (AvgIpc) is 2.47. The predicted molar refractivity (Wildman–Crippen MR) is 76.0 cm³/mol. The summed E-state index contributed by atoms with van der Waals surface area (Å²) in [6.45, 7) is 0. The minimum Gasteiger partial charge on any atom is -0.494 e. The first-order chi connectivity index (χ1) is 9.61. The third-order valence-electron chi connectivity index (χ3n) is 3.26. The van der Waals surface area contributed by atoms with Crippen LogP contribution in [0.1, 0.15) is 17.2 Å². The quantitative estimate of drug-likeness (QED) is 0.881. The standard InChI is InChI=1S/C16H18FNO2/c1-20-15-8-7-12(10-13(15)17)16(18)14(19)9-11-5-3-2-4-6-11/h2-8,10,14,16,19H,9,18H2,1H3/t14-,16+/m1/s1. The van der Waals surface area contributed by atoms with E-state index in [-0.39, 0.29) is 5.75 Å². The molecule has 0 bridgehead atoms. The molecule has 2 rings (SSSR count). The molecule has 0 saturated heterocycles. The second-order valence-electron chi connectivity index (χ2n) is 4.68. The molecular weight excluding hydrogens is 257 g/mol. The summed E-state index contributed by atoms with van der Waals surface area (Å²) < 4.78 is 18.5. The fourth-order valence-corrected chi connectivity index (χ4v) is 2.09. The van der Waals surface area contributed by atoms with E-state index in [1.807, 2.05) is 30.3 Å². The Hall–Kier alpha value is -1.91. The van der Waals surface area contributed by atoms with Gasteiger partial charge in [-0.1, -0.05) is 36.4 Å². The molecule has 0 unspecified atom stereocenters. The molecule has 2 aromatic rings. The summed E-state index contributed by atoms with van der Waals surface area (Å²) in [4.78, 5) is 0. The second kappa shape index (κ2) is 6.50. The van der Waals surface area contributed by atoms with Crippen LogP contribution in [0, 0.1) is 5.82 Å². The Balaban J connectivity index is 2.10. The molecule has 0 aromatic heterocycles. The molecule has 3 nitrogen and oxygen atoms in total. The third-order valence-corrected chi connectivity index (χ3v) is 3.26. The van der Waals surface area contributed by atoms with Crippen molar-refractivity contribution in [3.05, 3.63) is 65.5 Å². The number of hydrogen-bond donors (Lipinski definition) is 2. The predicted octanol–water partition coefficient (Wildman–Crippen LogP) is 2.44. The van der Waals surface area contributed by atoms with Crippen molar-refractivity contribution in [1.29, 1.82) is 0 Å². The van der Waals surface area contributed by atoms with Crippen LogP contribution in [0.25, 0.3) is 0 Å². The molecule has 0 heterocycles. The smallest absolute Gasteiger partial charge is 0.165 e. The van der Waals surface area contributed by atoms with Gasteiger partial charge in [-0.15, -0.1) is 0 Å². The maximum absolute atomic E-state index is 13.6. The summed E-state index contributed by atoms with van der Waals surface area (Å²) in [7, 11) is 1.41. The van der Waals surface area contributed by atoms with Gasteiger partial charge in [0.1, 0.15) is 0 Å². The lowest BCUT2D eigenvalue weighted by molar-refractivity contribution is 0.145. The molecule has 0 spiro atoms. The van der Waals surface area contributed by atoms with E-state index in [4.69, 9.17) is 10.5 Å². The highest BCUT2D eigenvalue weighted by molar-refractivity contribution is 5.31. The number of benzene rings is 2. The molecule has 0 aliphatic carbocycles. The van der Waals surface area contributed by atoms with Crippen molar-refractivity contribution in [3.8, 4) is 5.75 Å². The van der Waals surface area contributed by atoms with Gasteiger partial charge in [-0.2, -0.15) is 0 Å². The highest BCUT2D eigenvalue weighted by Crippen LogP contribution is 2.23. The third kappa shape index (κ3) is 3.35. The number of hydrogen-bond acceptors (Lipinski definition) is 3. The molecule has 106 valence electrons. The van der Waals surface area contributed by atoms with Crippen LogP contribution in [0.4, 0.5) is 4.39 Å². The first kappa shape index (κ1) is 14.5. The lowest BCUT2D eigenvalue weighted by Crippen LogP contribution is -2.28. The summed E-state index contributed by atoms with van der Waals surface area (Å²) >= 11 is 0. The van der Waals surface area contributed by atoms with E-state index in [0.29, 0.717) is 12.0 Å². The monoisotopic (exact) mass is 275 g/mol. The molecular formula is C16H18FNO2. The Labute approximate surface area is 117 Å². The zero-order valence-corrected chi connectivity index (χ0v) is 11.3. The minimum atomic E-state index is -0.773. The fourth-order valence-electron chi connectivity index (χ4n) is 2.09. The number of aliphatic hydroxyl groups is 1. The molecule has 0 aliphatic heterocycles. The van der Waals surface area contributed by atoms with Crippen LogP contribution in [0.2, 0.25) is 0 Å². The maximum Gasteiger partial charge on any atom is 0.165 e. The van der Waals surface area contributed by atoms with Crippen molar-refractivity contribution >= 4 is 0 Å². The van der Waals surface area contributed by atoms with Crippen LogP contribution in [-0.4, -0.2) is 18.3 Å². The average molecular weight is 275 g/mol. The van der Waals surface area contributed by atoms with Crippen molar-refractivity contribution in [2.75, 3.05) is 7.11 Å². The van der Waals surface area contributed by atoms with Gasteiger partial charge < -0.3 is 15.6 Å². The number of aliphatic hydroxyl groups excluding tert-OH is 1. The molecule has 0 aliphatic rings. The van der Waals surface area contributed by atoms with Crippen molar-refractivity contribution in [2.45, 2.75) is 18.6 Å². The molecule has 20 heavy (non-hydrogen) atoms. The van der Waals surface area contributed by atoms with Gasteiger partial charge in [-0.3, -0.25) is 0 Å². The van der Waals surface area contributed by atoms with Crippen molar-refractivity contribution < 1.29 is 14.2 Å². The maximum atomic E-state index is 13.6. The summed E-state index contributed by atoms with van der Waals surface area (Å²) in [5.41, 5.74) is 7.53. The van der Waals surface area contributed by atoms with E-state index in [1.165, 1.54) is 19.2 Å². The summed E-state index contributed by atoms with van der Waals surface area (Å²) in [6, 6.07) is 13.4. The SMILES string of the molecule is COc1ccc([C@H](N)[C@H](O)Cc2ccccc2)cc1F. The zero-order valence-electron chi connectivity index (χ0n) is 11.3. The van der Waals surface area contributed by atoms with E-state index in [0.717, 1.165) is 5.56 Å². The van der Waals surface area contributed by atoms with E-state index < -0.39 is 18.0 Å². The summed E-state index contributed by atoms with van der Waals surface area (Å²) in [5.74, 6) is -0.314. The topological polar surface area (TPSA) is 55.5 Å². The number of halogens is 1. The molecule has 0 radical (unpaired) electrons. The van der Waals surface area contributed by atoms with Gasteiger partial charge in [0.05, 0.1) is 19.3 Å². The second-order valence-corrected chi connectivity index (χ2v) is 4.68. The highest BCUT2D eigenvalue weighted by atomic mass is 19.1. The number of rotatable bonds is 5. The van der Waals surface area contributed by atoms with Crippen LogP contribution >= 0.6 is 0 Å². The molecule has 0 saturated carbocycles. The van der Waals surface area contributed by atoms with Crippen LogP contribution in [0.5, 0.6) is 5.75 Å². The van der Waals surface area contributed by atoms with Crippen LogP contribution in [0.3, 0.4) is 0 Å². The van der Waals surface area contributed by atoms with Gasteiger partial charge in [0.25, 0.3) is 0 Å². The first-order valence-corrected chi connectivity index (χ1v) is 6.43. The van der Waals surface area contributed by atoms with Gasteiger partial charge in [-0.05, 0) is 23.3 Å². The molecule has 2 aromatic carbocycles. The minimum absolute atomic E-state index is 0.165. The van der Waals surface area contributed by atoms with Crippen LogP contribution in [0.15, 0.2) is 48.5 Å². The molecule has 2 atom stereocenters. The molecule has 3 N–H and O–H groups in total. The van der Waals surface area contributed by atoms with Gasteiger partial charge in [0, 0.05) is 6.42 Å². The fraction of sp³-hybridized carbons (Fsp3) is 0.250. The Kier molecular flexibility index (Phi) is 4.71. The molecule has 4 heteroatoms. The van der Waals surface area contributed by atoms with Crippen molar-refractivity contribution in [1.82, 2.24) is 0 Å². The highest BCUT2D eigenvalue weighted by Gasteiger charge is 2.18. The Morgan fingerprint density at radius 2 is 1.90 bits per heavy atom. The largest absolute Gasteiger partial charge is 0.494 e. The van der Waals surface area contributed by atoms with Gasteiger partial charge in [-0.25, -0.2) is 4.39 Å². The number of ether oxygens (including phenoxy) is 1. The number of nitrogens with two attached hydrogens (primary N) is 1. The lowest BCUT2D eigenvalue weighted by Gasteiger charge is -2.19. The van der Waals surface area contributed by atoms with Crippen LogP contribution < -0.4 is 10.5 Å². The van der Waals surface area contributed by atoms with E-state index in [9.17, 15) is 9.50 Å². The van der Waals surface area contributed by atoms with Gasteiger partial charge >= 0.3 is 0 Å². The Bertz CT molecular complexity index is 560. The Morgan fingerprint density at radius 1 is 1.20 bits per heavy atom. The number of methoxy groups -OCH3 is 1. The summed E-state index contributed by atoms with van der Waals surface area (Å²) in [5, 5.41) is 10.2. The van der Waals surface area contributed by atoms with E-state index in [2.05, 4.69) is 0 Å². The molecule has 0 fully saturated rings. The van der Waals surface area contributed by atoms with Gasteiger partial charge in [0.2, 0.25) is 0 Å². The lowest BCUT2D eigenvalue weighted by atomic mass is 9.97. The van der Waals surface area contributed by atoms with Crippen molar-refractivity contribution in [3.63, 3.8) is 0 Å². The van der Waals surface area contributed by atoms with Crippen molar-refractivity contribution in [2.24, 2.45) is 5.73 Å². The molecule has 0 amide bonds.